The van der Waals surface area contributed by atoms with Crippen molar-refractivity contribution in [1.82, 2.24) is 0 Å². The summed E-state index contributed by atoms with van der Waals surface area (Å²) >= 11 is 0. The number of hydrogen-bond acceptors (Lipinski definition) is 2. The van der Waals surface area contributed by atoms with Crippen molar-refractivity contribution in [3.05, 3.63) is 11.6 Å². The van der Waals surface area contributed by atoms with Gasteiger partial charge in [-0.3, -0.25) is 0 Å². The molecule has 0 heterocycles. The molecule has 1 saturated carbocycles. The van der Waals surface area contributed by atoms with Crippen molar-refractivity contribution >= 4 is 8.32 Å². The van der Waals surface area contributed by atoms with Gasteiger partial charge in [0.1, 0.15) is 0 Å². The van der Waals surface area contributed by atoms with Crippen molar-refractivity contribution < 1.29 is 9.53 Å². The van der Waals surface area contributed by atoms with Gasteiger partial charge in [-0.2, -0.15) is 0 Å². The largest absolute Gasteiger partial charge is 0.407 e. The van der Waals surface area contributed by atoms with E-state index in [1.807, 2.05) is 0 Å². The molecule has 2 nitrogen and oxygen atoms in total. The lowest BCUT2D eigenvalue weighted by atomic mass is 9.45. The van der Waals surface area contributed by atoms with E-state index in [9.17, 15) is 5.11 Å². The monoisotopic (exact) mass is 282 g/mol. The highest BCUT2D eigenvalue weighted by atomic mass is 28.4. The molecule has 3 aliphatic rings. The SMILES string of the molecule is CC1=CC[C@H]2C[C@]1(O[Si](C)(C)C(C)(C)C)[C@@]2(C)CO. The van der Waals surface area contributed by atoms with Crippen LogP contribution < -0.4 is 0 Å². The van der Waals surface area contributed by atoms with Gasteiger partial charge in [0, 0.05) is 5.41 Å². The Kier molecular flexibility index (Phi) is 3.36. The van der Waals surface area contributed by atoms with Crippen LogP contribution in [-0.4, -0.2) is 25.6 Å². The molecule has 3 rings (SSSR count). The average Bonchev–Trinajstić information content (AvgIpc) is 2.28. The first-order valence-corrected chi connectivity index (χ1v) is 10.4. The Hall–Kier alpha value is -0.123. The molecule has 0 saturated heterocycles. The summed E-state index contributed by atoms with van der Waals surface area (Å²) in [6, 6.07) is 0. The molecule has 0 amide bonds. The van der Waals surface area contributed by atoms with Crippen molar-refractivity contribution in [3.8, 4) is 0 Å². The molecule has 0 aliphatic heterocycles. The molecule has 0 aromatic heterocycles. The first-order valence-electron chi connectivity index (χ1n) is 7.48. The molecule has 0 aromatic rings. The van der Waals surface area contributed by atoms with Crippen molar-refractivity contribution in [2.75, 3.05) is 6.61 Å². The summed E-state index contributed by atoms with van der Waals surface area (Å²) in [7, 11) is -1.83. The van der Waals surface area contributed by atoms with Gasteiger partial charge in [0.15, 0.2) is 8.32 Å². The normalized spacial score (nSPS) is 38.7. The molecule has 3 aliphatic carbocycles. The van der Waals surface area contributed by atoms with Gasteiger partial charge in [-0.05, 0) is 49.4 Å². The van der Waals surface area contributed by atoms with Crippen LogP contribution in [0.2, 0.25) is 18.1 Å². The minimum atomic E-state index is -1.83. The summed E-state index contributed by atoms with van der Waals surface area (Å²) in [4.78, 5) is 0. The van der Waals surface area contributed by atoms with Crippen LogP contribution in [0.5, 0.6) is 0 Å². The fourth-order valence-electron chi connectivity index (χ4n) is 3.53. The van der Waals surface area contributed by atoms with Crippen LogP contribution in [0.15, 0.2) is 11.6 Å². The fourth-order valence-corrected chi connectivity index (χ4v) is 5.18. The number of aliphatic hydroxyl groups is 1. The zero-order valence-electron chi connectivity index (χ0n) is 13.6. The van der Waals surface area contributed by atoms with E-state index >= 15 is 0 Å². The number of allylic oxidation sites excluding steroid dienone is 1. The van der Waals surface area contributed by atoms with E-state index in [0.717, 1.165) is 12.8 Å². The summed E-state index contributed by atoms with van der Waals surface area (Å²) < 4.78 is 6.83. The summed E-state index contributed by atoms with van der Waals surface area (Å²) in [6.07, 6.45) is 4.53. The lowest BCUT2D eigenvalue weighted by molar-refractivity contribution is -0.194. The maximum absolute atomic E-state index is 9.94. The molecular formula is C16H30O2Si. The second-order valence-corrected chi connectivity index (χ2v) is 13.0. The van der Waals surface area contributed by atoms with Crippen LogP contribution in [0.4, 0.5) is 0 Å². The standard InChI is InChI=1S/C16H30O2Si/c1-12-8-9-13-10-16(12,15(13,5)11-17)18-19(6,7)14(2,3)4/h8,13,17H,9-11H2,1-7H3/t13-,15-,16+/m0/s1. The molecule has 110 valence electrons. The van der Waals surface area contributed by atoms with E-state index in [4.69, 9.17) is 4.43 Å². The molecule has 0 radical (unpaired) electrons. The van der Waals surface area contributed by atoms with Crippen LogP contribution >= 0.6 is 0 Å². The van der Waals surface area contributed by atoms with Gasteiger partial charge in [0.05, 0.1) is 12.2 Å². The third kappa shape index (κ3) is 1.89. The van der Waals surface area contributed by atoms with Crippen LogP contribution in [0, 0.1) is 11.3 Å². The van der Waals surface area contributed by atoms with Gasteiger partial charge >= 0.3 is 0 Å². The minimum absolute atomic E-state index is 0.0820. The van der Waals surface area contributed by atoms with Gasteiger partial charge in [-0.1, -0.05) is 33.8 Å². The van der Waals surface area contributed by atoms with Gasteiger partial charge in [-0.25, -0.2) is 0 Å². The van der Waals surface area contributed by atoms with Crippen LogP contribution in [0.25, 0.3) is 0 Å². The summed E-state index contributed by atoms with van der Waals surface area (Å²) in [5.74, 6) is 0.589. The van der Waals surface area contributed by atoms with E-state index < -0.39 is 8.32 Å². The first kappa shape index (κ1) is 15.3. The Morgan fingerprint density at radius 1 is 1.42 bits per heavy atom. The maximum Gasteiger partial charge on any atom is 0.193 e. The molecule has 2 bridgehead atoms. The summed E-state index contributed by atoms with van der Waals surface area (Å²) in [6.45, 7) is 16.1. The minimum Gasteiger partial charge on any atom is -0.407 e. The molecule has 1 N–H and O–H groups in total. The lowest BCUT2D eigenvalue weighted by Crippen LogP contribution is -2.70. The smallest absolute Gasteiger partial charge is 0.193 e. The van der Waals surface area contributed by atoms with E-state index in [1.54, 1.807) is 0 Å². The van der Waals surface area contributed by atoms with Crippen molar-refractivity contribution in [2.24, 2.45) is 11.3 Å². The molecular weight excluding hydrogens is 252 g/mol. The van der Waals surface area contributed by atoms with Crippen LogP contribution in [-0.2, 0) is 4.43 Å². The van der Waals surface area contributed by atoms with Crippen molar-refractivity contribution in [3.63, 3.8) is 0 Å². The number of fused-ring (bicyclic) bond motifs is 1. The highest BCUT2D eigenvalue weighted by molar-refractivity contribution is 6.74. The molecule has 0 aromatic carbocycles. The molecule has 3 heteroatoms. The van der Waals surface area contributed by atoms with E-state index in [1.165, 1.54) is 5.57 Å². The Bertz CT molecular complexity index is 407. The molecule has 1 fully saturated rings. The molecule has 3 atom stereocenters. The van der Waals surface area contributed by atoms with Crippen LogP contribution in [0.1, 0.15) is 47.5 Å². The third-order valence-electron chi connectivity index (χ3n) is 6.27. The van der Waals surface area contributed by atoms with E-state index in [-0.39, 0.29) is 22.7 Å². The molecule has 0 spiro atoms. The van der Waals surface area contributed by atoms with Gasteiger partial charge in [0.25, 0.3) is 0 Å². The average molecular weight is 282 g/mol. The molecule has 0 unspecified atom stereocenters. The third-order valence-corrected chi connectivity index (χ3v) is 10.7. The predicted molar refractivity (Wildman–Crippen MR) is 82.7 cm³/mol. The summed E-state index contributed by atoms with van der Waals surface area (Å²) in [5, 5.41) is 10.2. The topological polar surface area (TPSA) is 29.5 Å². The Morgan fingerprint density at radius 2 is 2.00 bits per heavy atom. The number of rotatable bonds is 3. The first-order chi connectivity index (χ1) is 8.50. The Labute approximate surface area is 119 Å². The Balaban J connectivity index is 2.37. The quantitative estimate of drug-likeness (QED) is 0.623. The highest BCUT2D eigenvalue weighted by Crippen LogP contribution is 2.65. The molecule has 19 heavy (non-hydrogen) atoms. The second-order valence-electron chi connectivity index (χ2n) is 8.29. The van der Waals surface area contributed by atoms with Crippen molar-refractivity contribution in [1.29, 1.82) is 0 Å². The highest BCUT2D eigenvalue weighted by Gasteiger charge is 2.67. The zero-order valence-corrected chi connectivity index (χ0v) is 14.6. The fraction of sp³-hybridized carbons (Fsp3) is 0.875. The number of aliphatic hydroxyl groups excluding tert-OH is 1. The van der Waals surface area contributed by atoms with E-state index in [2.05, 4.69) is 53.8 Å². The van der Waals surface area contributed by atoms with Gasteiger partial charge in [0.2, 0.25) is 0 Å². The van der Waals surface area contributed by atoms with E-state index in [0.29, 0.717) is 5.92 Å². The summed E-state index contributed by atoms with van der Waals surface area (Å²) in [5.41, 5.74) is 1.06. The number of hydrogen-bond donors (Lipinski definition) is 1. The second kappa shape index (κ2) is 4.19. The maximum atomic E-state index is 9.94. The van der Waals surface area contributed by atoms with Crippen molar-refractivity contribution in [2.45, 2.75) is 71.2 Å². The van der Waals surface area contributed by atoms with Gasteiger partial charge < -0.3 is 9.53 Å². The zero-order chi connectivity index (χ0) is 14.7. The Morgan fingerprint density at radius 3 is 2.42 bits per heavy atom. The van der Waals surface area contributed by atoms with Crippen LogP contribution in [0.3, 0.4) is 0 Å². The lowest BCUT2D eigenvalue weighted by Gasteiger charge is -2.67. The predicted octanol–water partition coefficient (Wildman–Crippen LogP) is 4.12. The van der Waals surface area contributed by atoms with Gasteiger partial charge in [-0.15, -0.1) is 0 Å².